The van der Waals surface area contributed by atoms with E-state index < -0.39 is 5.41 Å². The third-order valence-electron chi connectivity index (χ3n) is 11.6. The molecule has 0 saturated heterocycles. The van der Waals surface area contributed by atoms with E-state index >= 15 is 0 Å². The van der Waals surface area contributed by atoms with Crippen molar-refractivity contribution in [3.8, 4) is 22.8 Å². The van der Waals surface area contributed by atoms with Gasteiger partial charge in [0.15, 0.2) is 0 Å². The van der Waals surface area contributed by atoms with Crippen LogP contribution in [0.25, 0.3) is 22.5 Å². The molecule has 3 aromatic carbocycles. The van der Waals surface area contributed by atoms with E-state index in [0.717, 1.165) is 78.3 Å². The van der Waals surface area contributed by atoms with Crippen molar-refractivity contribution in [2.75, 3.05) is 0 Å². The van der Waals surface area contributed by atoms with Crippen molar-refractivity contribution in [3.05, 3.63) is 173 Å². The van der Waals surface area contributed by atoms with Gasteiger partial charge in [-0.1, -0.05) is 110 Å². The highest BCUT2D eigenvalue weighted by Gasteiger charge is 2.59. The average Bonchev–Trinajstić information content (AvgIpc) is 3.20. The van der Waals surface area contributed by atoms with Crippen LogP contribution < -0.4 is 15.2 Å². The fourth-order valence-electron chi connectivity index (χ4n) is 9.20. The summed E-state index contributed by atoms with van der Waals surface area (Å²) in [5, 5.41) is 0. The number of aromatic nitrogens is 1. The molecule has 0 radical (unpaired) electrons. The molecule has 3 aliphatic carbocycles. The monoisotopic (exact) mass is 668 g/mol. The van der Waals surface area contributed by atoms with E-state index in [1.165, 1.54) is 27.8 Å². The van der Waals surface area contributed by atoms with Crippen LogP contribution in [-0.4, -0.2) is 11.1 Å². The predicted octanol–water partition coefficient (Wildman–Crippen LogP) is 10.7. The van der Waals surface area contributed by atoms with E-state index in [0.29, 0.717) is 5.92 Å². The molecule has 1 spiro atoms. The van der Waals surface area contributed by atoms with E-state index in [1.807, 2.05) is 18.3 Å². The number of allylic oxidation sites excluding steroid dienone is 9. The van der Waals surface area contributed by atoms with E-state index in [4.69, 9.17) is 20.2 Å². The van der Waals surface area contributed by atoms with Gasteiger partial charge in [-0.2, -0.15) is 0 Å². The maximum absolute atomic E-state index is 7.13. The third kappa shape index (κ3) is 5.40. The van der Waals surface area contributed by atoms with Gasteiger partial charge < -0.3 is 15.2 Å². The van der Waals surface area contributed by atoms with Gasteiger partial charge >= 0.3 is 0 Å². The first-order valence-corrected chi connectivity index (χ1v) is 18.7. The molecule has 5 aliphatic rings. The van der Waals surface area contributed by atoms with Crippen molar-refractivity contribution in [3.63, 3.8) is 0 Å². The molecule has 51 heavy (non-hydrogen) atoms. The van der Waals surface area contributed by atoms with Gasteiger partial charge in [-0.15, -0.1) is 0 Å². The molecule has 9 rings (SSSR count). The quantitative estimate of drug-likeness (QED) is 0.222. The predicted molar refractivity (Wildman–Crippen MR) is 207 cm³/mol. The summed E-state index contributed by atoms with van der Waals surface area (Å²) in [5.41, 5.74) is 16.2. The van der Waals surface area contributed by atoms with Gasteiger partial charge in [0, 0.05) is 57.3 Å². The Labute approximate surface area is 301 Å². The average molecular weight is 669 g/mol. The van der Waals surface area contributed by atoms with Crippen LogP contribution in [0.15, 0.2) is 151 Å². The largest absolute Gasteiger partial charge is 0.485 e. The van der Waals surface area contributed by atoms with E-state index in [2.05, 4.69) is 128 Å². The Hall–Kier alpha value is -5.35. The second-order valence-corrected chi connectivity index (χ2v) is 14.5. The molecule has 2 aliphatic heterocycles. The fraction of sp³-hybridized carbons (Fsp3) is 0.255. The molecule has 4 aromatic rings. The van der Waals surface area contributed by atoms with Crippen LogP contribution in [-0.2, 0) is 5.41 Å². The summed E-state index contributed by atoms with van der Waals surface area (Å²) in [6.07, 6.45) is 26.7. The summed E-state index contributed by atoms with van der Waals surface area (Å²) in [4.78, 5) is 4.70. The van der Waals surface area contributed by atoms with Crippen LogP contribution >= 0.6 is 0 Å². The molecule has 1 aromatic heterocycles. The molecule has 0 saturated carbocycles. The number of benzene rings is 3. The molecule has 4 heteroatoms. The Morgan fingerprint density at radius 2 is 1.75 bits per heavy atom. The van der Waals surface area contributed by atoms with Crippen LogP contribution in [0.4, 0.5) is 0 Å². The summed E-state index contributed by atoms with van der Waals surface area (Å²) in [6.45, 7) is 2.18. The molecule has 0 fully saturated rings. The number of pyridine rings is 1. The lowest BCUT2D eigenvalue weighted by Crippen LogP contribution is -2.55. The maximum atomic E-state index is 7.13. The molecule has 2 N–H and O–H groups in total. The summed E-state index contributed by atoms with van der Waals surface area (Å²) < 4.78 is 14.2. The first-order chi connectivity index (χ1) is 25.1. The van der Waals surface area contributed by atoms with Gasteiger partial charge in [-0.25, -0.2) is 0 Å². The molecular formula is C47H44N2O2. The number of fused-ring (bicyclic) bond motifs is 8. The van der Waals surface area contributed by atoms with Gasteiger partial charge in [-0.3, -0.25) is 4.98 Å². The highest BCUT2D eigenvalue weighted by Crippen LogP contribution is 2.63. The van der Waals surface area contributed by atoms with Gasteiger partial charge in [0.25, 0.3) is 0 Å². The SMILES string of the molecule is CCC/C=C(\N)c1ccc2c(c1)OC1=CC(C3=CCCC=C3)CCC1C21c2ccc(-c3ccccn3)cc2OC2C=C(c3ccccc3)C=CC21. The van der Waals surface area contributed by atoms with E-state index in [-0.39, 0.29) is 17.9 Å². The van der Waals surface area contributed by atoms with E-state index in [9.17, 15) is 0 Å². The minimum atomic E-state index is -0.433. The molecule has 5 atom stereocenters. The molecule has 5 unspecified atom stereocenters. The Morgan fingerprint density at radius 3 is 2.57 bits per heavy atom. The van der Waals surface area contributed by atoms with Gasteiger partial charge in [0.05, 0.1) is 5.69 Å². The van der Waals surface area contributed by atoms with Crippen LogP contribution in [0.1, 0.15) is 67.7 Å². The molecule has 0 amide bonds. The minimum Gasteiger partial charge on any atom is -0.485 e. The fourth-order valence-corrected chi connectivity index (χ4v) is 9.20. The highest BCUT2D eigenvalue weighted by atomic mass is 16.5. The first-order valence-electron chi connectivity index (χ1n) is 18.7. The second kappa shape index (κ2) is 13.1. The smallest absolute Gasteiger partial charge is 0.131 e. The second-order valence-electron chi connectivity index (χ2n) is 14.5. The molecule has 0 bridgehead atoms. The van der Waals surface area contributed by atoms with E-state index in [1.54, 1.807) is 0 Å². The first kappa shape index (κ1) is 31.6. The van der Waals surface area contributed by atoms with Crippen LogP contribution in [0.2, 0.25) is 0 Å². The number of ether oxygens (including phenoxy) is 2. The molecule has 254 valence electrons. The third-order valence-corrected chi connectivity index (χ3v) is 11.6. The normalized spacial score (nSPS) is 26.0. The Balaban J connectivity index is 1.27. The van der Waals surface area contributed by atoms with Crippen LogP contribution in [0.3, 0.4) is 0 Å². The number of nitrogens with two attached hydrogens (primary N) is 1. The standard InChI is InChI=1S/C47H44N2O2/c1-2-3-16-41(48)35-20-24-39-45(29-35)50-43-27-33(31-12-6-4-7-13-31)18-22-37(43)47(39)38-23-19-34(32-14-8-5-9-15-32)28-44(38)51-46-30-36(21-25-40(46)47)42-17-10-11-26-49-42/h5-6,8-17,19-21,23-30,33,37-38,44H,2-4,7,18,22,48H2,1H3/b41-16-. The summed E-state index contributed by atoms with van der Waals surface area (Å²) >= 11 is 0. The van der Waals surface area contributed by atoms with Crippen molar-refractivity contribution < 1.29 is 9.47 Å². The van der Waals surface area contributed by atoms with Gasteiger partial charge in [0.2, 0.25) is 0 Å². The highest BCUT2D eigenvalue weighted by molar-refractivity contribution is 5.77. The van der Waals surface area contributed by atoms with Crippen LogP contribution in [0, 0.1) is 17.8 Å². The topological polar surface area (TPSA) is 57.4 Å². The number of hydrogen-bond acceptors (Lipinski definition) is 4. The van der Waals surface area contributed by atoms with Crippen molar-refractivity contribution in [2.24, 2.45) is 23.5 Å². The minimum absolute atomic E-state index is 0.0402. The van der Waals surface area contributed by atoms with Gasteiger partial charge in [0.1, 0.15) is 23.4 Å². The number of nitrogens with zero attached hydrogens (tertiary/aromatic N) is 1. The molecular weight excluding hydrogens is 625 g/mol. The number of rotatable bonds is 6. The molecule has 3 heterocycles. The number of unbranched alkanes of at least 4 members (excludes halogenated alkanes) is 1. The zero-order valence-electron chi connectivity index (χ0n) is 29.2. The molecule has 4 nitrogen and oxygen atoms in total. The summed E-state index contributed by atoms with van der Waals surface area (Å²) in [5.74, 6) is 3.37. The summed E-state index contributed by atoms with van der Waals surface area (Å²) in [6, 6.07) is 30.2. The number of hydrogen-bond donors (Lipinski definition) is 1. The van der Waals surface area contributed by atoms with Crippen LogP contribution in [0.5, 0.6) is 11.5 Å². The van der Waals surface area contributed by atoms with Crippen molar-refractivity contribution in [1.82, 2.24) is 4.98 Å². The Morgan fingerprint density at radius 1 is 0.882 bits per heavy atom. The zero-order valence-corrected chi connectivity index (χ0v) is 29.2. The lowest BCUT2D eigenvalue weighted by atomic mass is 9.52. The van der Waals surface area contributed by atoms with Gasteiger partial charge in [-0.05, 0) is 85.2 Å². The Bertz CT molecular complexity index is 2150. The lowest BCUT2D eigenvalue weighted by molar-refractivity contribution is 0.0682. The lowest BCUT2D eigenvalue weighted by Gasteiger charge is -2.56. The van der Waals surface area contributed by atoms with Crippen molar-refractivity contribution >= 4 is 11.3 Å². The van der Waals surface area contributed by atoms with Crippen molar-refractivity contribution in [2.45, 2.75) is 57.0 Å². The Kier molecular flexibility index (Phi) is 8.11. The van der Waals surface area contributed by atoms with Crippen molar-refractivity contribution in [1.29, 1.82) is 0 Å². The summed E-state index contributed by atoms with van der Waals surface area (Å²) in [7, 11) is 0. The zero-order chi connectivity index (χ0) is 34.4. The maximum Gasteiger partial charge on any atom is 0.131 e.